The molecule has 0 saturated carbocycles. The first kappa shape index (κ1) is 26.1. The Bertz CT molecular complexity index is 186. The Kier molecular flexibility index (Phi) is 21.6. The summed E-state index contributed by atoms with van der Waals surface area (Å²) in [4.78, 5) is 0. The molecule has 0 aliphatic heterocycles. The zero-order valence-corrected chi connectivity index (χ0v) is 17.5. The van der Waals surface area contributed by atoms with E-state index in [1.807, 2.05) is 0 Å². The summed E-state index contributed by atoms with van der Waals surface area (Å²) in [6, 6.07) is 0. The molecule has 1 nitrogen and oxygen atoms in total. The van der Waals surface area contributed by atoms with Gasteiger partial charge in [0.15, 0.2) is 0 Å². The molecule has 0 aromatic carbocycles. The molecule has 20 heavy (non-hydrogen) atoms. The van der Waals surface area contributed by atoms with Crippen molar-refractivity contribution in [2.75, 3.05) is 13.2 Å². The van der Waals surface area contributed by atoms with Gasteiger partial charge in [-0.3, -0.25) is 0 Å². The van der Waals surface area contributed by atoms with Crippen LogP contribution in [0.25, 0.3) is 0 Å². The number of rotatable bonds is 12. The van der Waals surface area contributed by atoms with Crippen LogP contribution in [0.15, 0.2) is 0 Å². The maximum absolute atomic E-state index is 5.85. The molecule has 0 aromatic rings. The topological polar surface area (TPSA) is 9.23 Å². The van der Waals surface area contributed by atoms with E-state index in [0.29, 0.717) is 5.41 Å². The smallest absolute Gasteiger partial charge is 1.00 e. The van der Waals surface area contributed by atoms with Crippen LogP contribution in [0.1, 0.15) is 79.6 Å². The van der Waals surface area contributed by atoms with Gasteiger partial charge in [-0.2, -0.15) is 13.3 Å². The van der Waals surface area contributed by atoms with Gasteiger partial charge >= 0.3 is 23.1 Å². The van der Waals surface area contributed by atoms with Gasteiger partial charge in [-0.15, -0.1) is 0 Å². The quantitative estimate of drug-likeness (QED) is 0.295. The van der Waals surface area contributed by atoms with Crippen LogP contribution in [0.5, 0.6) is 0 Å². The second-order valence-electron chi connectivity index (χ2n) is 6.57. The van der Waals surface area contributed by atoms with Crippen molar-refractivity contribution in [3.63, 3.8) is 0 Å². The van der Waals surface area contributed by atoms with Gasteiger partial charge in [0.05, 0.1) is 6.61 Å². The average molecular weight is 360 g/mol. The third-order valence-electron chi connectivity index (χ3n) is 3.57. The first-order valence-corrected chi connectivity index (χ1v) is 7.87. The summed E-state index contributed by atoms with van der Waals surface area (Å²) in [7, 11) is 0. The van der Waals surface area contributed by atoms with Crippen LogP contribution < -0.4 is 17.0 Å². The number of unbranched alkanes of at least 4 members (excludes halogenated alkanes) is 2. The van der Waals surface area contributed by atoms with Crippen LogP contribution in [-0.2, 0) is 4.74 Å². The normalized spacial score (nSPS) is 12.4. The molecule has 0 aliphatic carbocycles. The van der Waals surface area contributed by atoms with E-state index in [4.69, 9.17) is 4.74 Å². The molecular formula is C17H35BrMgO. The summed E-state index contributed by atoms with van der Waals surface area (Å²) in [6.07, 6.45) is 11.3. The van der Waals surface area contributed by atoms with Crippen molar-refractivity contribution in [3.05, 3.63) is 6.42 Å². The summed E-state index contributed by atoms with van der Waals surface area (Å²) in [5.41, 5.74) is 0.359. The molecule has 0 radical (unpaired) electrons. The molecule has 0 N–H and O–H groups in total. The Balaban J connectivity index is -0.00000144. The summed E-state index contributed by atoms with van der Waals surface area (Å²) in [6.45, 7) is 13.3. The zero-order chi connectivity index (χ0) is 13.9. The van der Waals surface area contributed by atoms with Crippen molar-refractivity contribution in [1.82, 2.24) is 0 Å². The molecule has 0 bridgehead atoms. The number of hydrogen-bond acceptors (Lipinski definition) is 1. The largest absolute Gasteiger partial charge is 2.00 e. The van der Waals surface area contributed by atoms with Crippen molar-refractivity contribution >= 4 is 23.1 Å². The molecule has 0 rings (SSSR count). The van der Waals surface area contributed by atoms with E-state index in [9.17, 15) is 0 Å². The Morgan fingerprint density at radius 3 is 2.35 bits per heavy atom. The molecule has 118 valence electrons. The fourth-order valence-corrected chi connectivity index (χ4v) is 2.33. The van der Waals surface area contributed by atoms with E-state index in [-0.39, 0.29) is 40.0 Å². The van der Waals surface area contributed by atoms with Gasteiger partial charge in [0.25, 0.3) is 0 Å². The van der Waals surface area contributed by atoms with Crippen molar-refractivity contribution in [1.29, 1.82) is 0 Å². The van der Waals surface area contributed by atoms with Crippen LogP contribution in [0.4, 0.5) is 0 Å². The predicted octanol–water partition coefficient (Wildman–Crippen LogP) is 2.26. The van der Waals surface area contributed by atoms with Crippen molar-refractivity contribution < 1.29 is 21.7 Å². The molecule has 0 amide bonds. The fraction of sp³-hybridized carbons (Fsp3) is 0.941. The first-order chi connectivity index (χ1) is 8.52. The Morgan fingerprint density at radius 2 is 1.80 bits per heavy atom. The fourth-order valence-electron chi connectivity index (χ4n) is 2.33. The van der Waals surface area contributed by atoms with Gasteiger partial charge in [0.2, 0.25) is 0 Å². The van der Waals surface area contributed by atoms with Crippen molar-refractivity contribution in [3.8, 4) is 0 Å². The minimum Gasteiger partial charge on any atom is -1.00 e. The van der Waals surface area contributed by atoms with E-state index in [1.54, 1.807) is 0 Å². The minimum atomic E-state index is 0. The second kappa shape index (κ2) is 16.6. The standard InChI is InChI=1S/C17H35O.BrH.Mg/c1-6-8-9-13-17(4,5)15-18-14-10-12-16(3)11-7-2;;/h7,16H,6,8-15H2,1-5H3;1H;/q-1;;+2/p-1. The third kappa shape index (κ3) is 17.3. The monoisotopic (exact) mass is 358 g/mol. The molecule has 0 heterocycles. The van der Waals surface area contributed by atoms with Crippen LogP contribution in [0.2, 0.25) is 0 Å². The SMILES string of the molecule is C[CH-]CC(C)CCCOCC(C)(C)CCCCC.[Br-].[Mg+2]. The Hall–Kier alpha value is 1.21. The summed E-state index contributed by atoms with van der Waals surface area (Å²) in [5.74, 6) is 0.816. The third-order valence-corrected chi connectivity index (χ3v) is 3.57. The van der Waals surface area contributed by atoms with Crippen LogP contribution in [-0.4, -0.2) is 36.3 Å². The molecule has 3 heteroatoms. The summed E-state index contributed by atoms with van der Waals surface area (Å²) >= 11 is 0. The van der Waals surface area contributed by atoms with Gasteiger partial charge in [-0.05, 0) is 18.3 Å². The summed E-state index contributed by atoms with van der Waals surface area (Å²) < 4.78 is 5.85. The molecule has 1 unspecified atom stereocenters. The Labute approximate surface area is 154 Å². The van der Waals surface area contributed by atoms with Crippen molar-refractivity contribution in [2.24, 2.45) is 11.3 Å². The van der Waals surface area contributed by atoms with E-state index in [2.05, 4.69) is 41.0 Å². The van der Waals surface area contributed by atoms with Gasteiger partial charge in [-0.1, -0.05) is 59.3 Å². The van der Waals surface area contributed by atoms with Crippen molar-refractivity contribution in [2.45, 2.75) is 79.6 Å². The molecule has 1 atom stereocenters. The predicted molar refractivity (Wildman–Crippen MR) is 87.5 cm³/mol. The molecule has 0 saturated heterocycles. The van der Waals surface area contributed by atoms with Gasteiger partial charge < -0.3 is 28.1 Å². The van der Waals surface area contributed by atoms with E-state index in [1.165, 1.54) is 44.9 Å². The minimum absolute atomic E-state index is 0. The van der Waals surface area contributed by atoms with Gasteiger partial charge in [0, 0.05) is 6.61 Å². The maximum atomic E-state index is 5.85. The molecule has 0 aromatic heterocycles. The first-order valence-electron chi connectivity index (χ1n) is 7.87. The summed E-state index contributed by atoms with van der Waals surface area (Å²) in [5, 5.41) is 0. The van der Waals surface area contributed by atoms with Gasteiger partial charge in [-0.25, -0.2) is 0 Å². The van der Waals surface area contributed by atoms with Crippen LogP contribution in [0, 0.1) is 17.8 Å². The van der Waals surface area contributed by atoms with Crippen LogP contribution >= 0.6 is 0 Å². The number of hydrogen-bond donors (Lipinski definition) is 0. The van der Waals surface area contributed by atoms with E-state index < -0.39 is 0 Å². The Morgan fingerprint density at radius 1 is 1.15 bits per heavy atom. The molecule has 0 aliphatic rings. The van der Waals surface area contributed by atoms with E-state index >= 15 is 0 Å². The van der Waals surface area contributed by atoms with Crippen LogP contribution in [0.3, 0.4) is 0 Å². The van der Waals surface area contributed by atoms with Gasteiger partial charge in [0.1, 0.15) is 0 Å². The zero-order valence-electron chi connectivity index (χ0n) is 14.5. The molecule has 0 fully saturated rings. The van der Waals surface area contributed by atoms with E-state index in [0.717, 1.165) is 19.1 Å². The number of halogens is 1. The molecule has 0 spiro atoms. The second-order valence-corrected chi connectivity index (χ2v) is 6.57. The maximum Gasteiger partial charge on any atom is 2.00 e. The number of ether oxygens (including phenoxy) is 1. The average Bonchev–Trinajstić information content (AvgIpc) is 2.29. The molecular weight excluding hydrogens is 324 g/mol.